The molecule has 2 N–H and O–H groups in total. The largest absolute Gasteiger partial charge is 0.489 e. The lowest BCUT2D eigenvalue weighted by atomic mass is 9.86. The first kappa shape index (κ1) is 14.7. The number of hydrogen-bond acceptors (Lipinski definition) is 3. The molecule has 0 aliphatic carbocycles. The first-order valence-corrected chi connectivity index (χ1v) is 6.91. The Morgan fingerprint density at radius 1 is 1.20 bits per heavy atom. The van der Waals surface area contributed by atoms with Gasteiger partial charge in [-0.05, 0) is 35.6 Å². The Bertz CT molecular complexity index is 579. The van der Waals surface area contributed by atoms with Gasteiger partial charge in [0, 0.05) is 5.56 Å². The first-order valence-electron chi connectivity index (χ1n) is 6.91. The van der Waals surface area contributed by atoms with Crippen molar-refractivity contribution in [1.82, 2.24) is 0 Å². The van der Waals surface area contributed by atoms with Crippen molar-refractivity contribution >= 4 is 0 Å². The van der Waals surface area contributed by atoms with Crippen molar-refractivity contribution in [3.05, 3.63) is 53.0 Å². The van der Waals surface area contributed by atoms with Gasteiger partial charge in [-0.15, -0.1) is 0 Å². The van der Waals surface area contributed by atoms with Gasteiger partial charge in [-0.1, -0.05) is 32.9 Å². The van der Waals surface area contributed by atoms with Crippen LogP contribution >= 0.6 is 0 Å². The van der Waals surface area contributed by atoms with E-state index in [1.54, 1.807) is 6.26 Å². The van der Waals surface area contributed by atoms with Crippen LogP contribution in [0.2, 0.25) is 0 Å². The predicted octanol–water partition coefficient (Wildman–Crippen LogP) is 3.92. The van der Waals surface area contributed by atoms with Gasteiger partial charge >= 0.3 is 0 Å². The molecule has 20 heavy (non-hydrogen) atoms. The van der Waals surface area contributed by atoms with Crippen molar-refractivity contribution < 1.29 is 9.15 Å². The molecule has 3 nitrogen and oxygen atoms in total. The zero-order valence-corrected chi connectivity index (χ0v) is 12.7. The molecule has 0 unspecified atom stereocenters. The van der Waals surface area contributed by atoms with Crippen LogP contribution in [0.1, 0.15) is 43.2 Å². The second-order valence-corrected chi connectivity index (χ2v) is 6.09. The molecule has 0 bridgehead atoms. The van der Waals surface area contributed by atoms with Crippen LogP contribution in [-0.4, -0.2) is 0 Å². The Morgan fingerprint density at radius 2 is 1.95 bits per heavy atom. The molecule has 1 aromatic carbocycles. The Kier molecular flexibility index (Phi) is 4.19. The molecule has 0 radical (unpaired) electrons. The van der Waals surface area contributed by atoms with E-state index in [0.717, 1.165) is 22.6 Å². The van der Waals surface area contributed by atoms with Crippen LogP contribution in [0.25, 0.3) is 0 Å². The third-order valence-corrected chi connectivity index (χ3v) is 3.45. The van der Waals surface area contributed by atoms with Gasteiger partial charge in [-0.2, -0.15) is 0 Å². The normalized spacial score (nSPS) is 11.7. The van der Waals surface area contributed by atoms with E-state index >= 15 is 0 Å². The van der Waals surface area contributed by atoms with Gasteiger partial charge in [0.15, 0.2) is 0 Å². The molecule has 1 aromatic heterocycles. The van der Waals surface area contributed by atoms with Crippen molar-refractivity contribution in [2.24, 2.45) is 5.73 Å². The van der Waals surface area contributed by atoms with Crippen LogP contribution in [0.4, 0.5) is 0 Å². The topological polar surface area (TPSA) is 48.4 Å². The van der Waals surface area contributed by atoms with Crippen LogP contribution in [-0.2, 0) is 18.6 Å². The monoisotopic (exact) mass is 273 g/mol. The molecule has 0 aliphatic rings. The molecule has 0 spiro atoms. The Labute approximate surface area is 120 Å². The summed E-state index contributed by atoms with van der Waals surface area (Å²) in [6.45, 7) is 9.58. The van der Waals surface area contributed by atoms with E-state index in [-0.39, 0.29) is 5.41 Å². The van der Waals surface area contributed by atoms with Crippen LogP contribution < -0.4 is 10.5 Å². The third-order valence-electron chi connectivity index (χ3n) is 3.45. The number of aryl methyl sites for hydroxylation is 1. The Hall–Kier alpha value is -1.74. The van der Waals surface area contributed by atoms with Crippen molar-refractivity contribution in [1.29, 1.82) is 0 Å². The molecule has 0 fully saturated rings. The smallest absolute Gasteiger partial charge is 0.123 e. The lowest BCUT2D eigenvalue weighted by Gasteiger charge is -2.20. The maximum absolute atomic E-state index is 5.88. The molecule has 0 amide bonds. The van der Waals surface area contributed by atoms with Crippen molar-refractivity contribution in [3.8, 4) is 5.75 Å². The van der Waals surface area contributed by atoms with E-state index in [1.807, 2.05) is 12.1 Å². The van der Waals surface area contributed by atoms with Crippen molar-refractivity contribution in [3.63, 3.8) is 0 Å². The molecule has 0 saturated carbocycles. The SMILES string of the molecule is Cc1cc(C(C)(C)C)ccc1OCc1ccoc1CN. The average molecular weight is 273 g/mol. The minimum absolute atomic E-state index is 0.153. The summed E-state index contributed by atoms with van der Waals surface area (Å²) in [5.41, 5.74) is 9.23. The Balaban J connectivity index is 2.11. The number of furan rings is 1. The highest BCUT2D eigenvalue weighted by atomic mass is 16.5. The maximum Gasteiger partial charge on any atom is 0.123 e. The minimum atomic E-state index is 0.153. The molecule has 0 aliphatic heterocycles. The van der Waals surface area contributed by atoms with Gasteiger partial charge < -0.3 is 14.9 Å². The lowest BCUT2D eigenvalue weighted by molar-refractivity contribution is 0.300. The van der Waals surface area contributed by atoms with Crippen molar-refractivity contribution in [2.45, 2.75) is 46.3 Å². The summed E-state index contributed by atoms with van der Waals surface area (Å²) in [6.07, 6.45) is 1.65. The van der Waals surface area contributed by atoms with E-state index in [2.05, 4.69) is 39.8 Å². The van der Waals surface area contributed by atoms with Gasteiger partial charge in [-0.3, -0.25) is 0 Å². The summed E-state index contributed by atoms with van der Waals surface area (Å²) < 4.78 is 11.2. The summed E-state index contributed by atoms with van der Waals surface area (Å²) >= 11 is 0. The molecule has 0 atom stereocenters. The number of rotatable bonds is 4. The molecule has 1 heterocycles. The van der Waals surface area contributed by atoms with Crippen LogP contribution in [0.3, 0.4) is 0 Å². The zero-order chi connectivity index (χ0) is 14.8. The third kappa shape index (κ3) is 3.23. The maximum atomic E-state index is 5.88. The predicted molar refractivity (Wildman–Crippen MR) is 80.8 cm³/mol. The van der Waals surface area contributed by atoms with E-state index in [4.69, 9.17) is 14.9 Å². The van der Waals surface area contributed by atoms with Gasteiger partial charge in [0.25, 0.3) is 0 Å². The summed E-state index contributed by atoms with van der Waals surface area (Å²) in [5.74, 6) is 1.69. The number of hydrogen-bond donors (Lipinski definition) is 1. The fourth-order valence-corrected chi connectivity index (χ4v) is 2.11. The molecule has 2 aromatic rings. The summed E-state index contributed by atoms with van der Waals surface area (Å²) in [4.78, 5) is 0. The van der Waals surface area contributed by atoms with Crippen LogP contribution in [0.5, 0.6) is 5.75 Å². The minimum Gasteiger partial charge on any atom is -0.489 e. The quantitative estimate of drug-likeness (QED) is 0.918. The van der Waals surface area contributed by atoms with Gasteiger partial charge in [-0.25, -0.2) is 0 Å². The first-order chi connectivity index (χ1) is 9.41. The fraction of sp³-hybridized carbons (Fsp3) is 0.412. The van der Waals surface area contributed by atoms with Crippen molar-refractivity contribution in [2.75, 3.05) is 0 Å². The highest BCUT2D eigenvalue weighted by Crippen LogP contribution is 2.28. The zero-order valence-electron chi connectivity index (χ0n) is 12.7. The molecular weight excluding hydrogens is 250 g/mol. The van der Waals surface area contributed by atoms with Gasteiger partial charge in [0.2, 0.25) is 0 Å². The molecule has 0 saturated heterocycles. The fourth-order valence-electron chi connectivity index (χ4n) is 2.11. The van der Waals surface area contributed by atoms with E-state index < -0.39 is 0 Å². The lowest BCUT2D eigenvalue weighted by Crippen LogP contribution is -2.11. The van der Waals surface area contributed by atoms with Gasteiger partial charge in [0.05, 0.1) is 12.8 Å². The number of nitrogens with two attached hydrogens (primary N) is 1. The van der Waals surface area contributed by atoms with Crippen LogP contribution in [0.15, 0.2) is 34.9 Å². The number of ether oxygens (including phenoxy) is 1. The van der Waals surface area contributed by atoms with E-state index in [1.165, 1.54) is 5.56 Å². The summed E-state index contributed by atoms with van der Waals surface area (Å²) in [7, 11) is 0. The summed E-state index contributed by atoms with van der Waals surface area (Å²) in [6, 6.07) is 8.26. The molecule has 2 rings (SSSR count). The summed E-state index contributed by atoms with van der Waals surface area (Å²) in [5, 5.41) is 0. The Morgan fingerprint density at radius 3 is 2.55 bits per heavy atom. The second-order valence-electron chi connectivity index (χ2n) is 6.09. The van der Waals surface area contributed by atoms with E-state index in [9.17, 15) is 0 Å². The number of benzene rings is 1. The average Bonchev–Trinajstić information content (AvgIpc) is 2.83. The van der Waals surface area contributed by atoms with Crippen LogP contribution in [0, 0.1) is 6.92 Å². The molecular formula is C17H23NO2. The molecule has 3 heteroatoms. The molecule has 108 valence electrons. The van der Waals surface area contributed by atoms with Gasteiger partial charge in [0.1, 0.15) is 18.1 Å². The highest BCUT2D eigenvalue weighted by Gasteiger charge is 2.15. The van der Waals surface area contributed by atoms with E-state index in [0.29, 0.717) is 13.2 Å². The standard InChI is InChI=1S/C17H23NO2/c1-12-9-14(17(2,3)4)5-6-15(12)20-11-13-7-8-19-16(13)10-18/h5-9H,10-11,18H2,1-4H3. The highest BCUT2D eigenvalue weighted by molar-refractivity contribution is 5.39. The second kappa shape index (κ2) is 5.71.